The molecule has 6 heteroatoms. The third-order valence-electron chi connectivity index (χ3n) is 6.67. The standard InChI is InChI=1S/C24H24ClNO4/c1-23(2)29-21(27)24(22(28)30-23)14-17-8-9-18(25)13-19(17)26-11-10-16(12-20(24)26)15-6-4-3-5-7-15/h3-9,13,16,20H,10-12,14H2,1-2H3. The monoisotopic (exact) mass is 425 g/mol. The number of anilines is 1. The van der Waals surface area contributed by atoms with Crippen LogP contribution in [0.3, 0.4) is 0 Å². The fraction of sp³-hybridized carbons (Fsp3) is 0.417. The number of hydrogen-bond acceptors (Lipinski definition) is 5. The minimum Gasteiger partial charge on any atom is -0.422 e. The van der Waals surface area contributed by atoms with E-state index in [1.807, 2.05) is 30.3 Å². The van der Waals surface area contributed by atoms with E-state index in [-0.39, 0.29) is 18.4 Å². The van der Waals surface area contributed by atoms with Gasteiger partial charge in [-0.25, -0.2) is 0 Å². The predicted octanol–water partition coefficient (Wildman–Crippen LogP) is 4.47. The van der Waals surface area contributed by atoms with Crippen molar-refractivity contribution in [3.63, 3.8) is 0 Å². The third-order valence-corrected chi connectivity index (χ3v) is 6.91. The Bertz CT molecular complexity index is 999. The lowest BCUT2D eigenvalue weighted by molar-refractivity contribution is -0.253. The summed E-state index contributed by atoms with van der Waals surface area (Å²) < 4.78 is 11.3. The number of rotatable bonds is 1. The second-order valence-corrected chi connectivity index (χ2v) is 9.38. The predicted molar refractivity (Wildman–Crippen MR) is 113 cm³/mol. The molecule has 2 atom stereocenters. The topological polar surface area (TPSA) is 55.8 Å². The molecule has 5 nitrogen and oxygen atoms in total. The zero-order valence-corrected chi connectivity index (χ0v) is 17.8. The van der Waals surface area contributed by atoms with Crippen LogP contribution in [0.1, 0.15) is 43.7 Å². The number of halogens is 1. The molecule has 0 aliphatic carbocycles. The first-order valence-corrected chi connectivity index (χ1v) is 10.7. The summed E-state index contributed by atoms with van der Waals surface area (Å²) in [5.41, 5.74) is 1.77. The maximum Gasteiger partial charge on any atom is 0.329 e. The Morgan fingerprint density at radius 2 is 1.73 bits per heavy atom. The molecule has 30 heavy (non-hydrogen) atoms. The molecule has 2 aromatic carbocycles. The number of carbonyl (C=O) groups is 2. The van der Waals surface area contributed by atoms with Crippen LogP contribution in [0.5, 0.6) is 0 Å². The van der Waals surface area contributed by atoms with E-state index in [0.29, 0.717) is 11.4 Å². The van der Waals surface area contributed by atoms with Crippen molar-refractivity contribution in [2.45, 2.75) is 50.9 Å². The van der Waals surface area contributed by atoms with Gasteiger partial charge in [-0.05, 0) is 42.0 Å². The highest BCUT2D eigenvalue weighted by atomic mass is 35.5. The van der Waals surface area contributed by atoms with E-state index < -0.39 is 23.1 Å². The van der Waals surface area contributed by atoms with Crippen LogP contribution in [0.2, 0.25) is 5.02 Å². The minimum atomic E-state index is -1.37. The molecule has 0 bridgehead atoms. The molecule has 2 saturated heterocycles. The summed E-state index contributed by atoms with van der Waals surface area (Å²) >= 11 is 6.29. The van der Waals surface area contributed by atoms with E-state index in [1.54, 1.807) is 19.9 Å². The highest BCUT2D eigenvalue weighted by Crippen LogP contribution is 2.51. The highest BCUT2D eigenvalue weighted by Gasteiger charge is 2.64. The van der Waals surface area contributed by atoms with Gasteiger partial charge in [-0.3, -0.25) is 9.59 Å². The largest absolute Gasteiger partial charge is 0.422 e. The Balaban J connectivity index is 1.62. The number of cyclic esters (lactones) is 2. The van der Waals surface area contributed by atoms with Crippen LogP contribution in [-0.2, 0) is 25.5 Å². The maximum atomic E-state index is 13.4. The molecule has 0 aromatic heterocycles. The van der Waals surface area contributed by atoms with Crippen molar-refractivity contribution < 1.29 is 19.1 Å². The molecule has 3 aliphatic rings. The van der Waals surface area contributed by atoms with Gasteiger partial charge in [0, 0.05) is 37.5 Å². The third kappa shape index (κ3) is 2.90. The quantitative estimate of drug-likeness (QED) is 0.498. The SMILES string of the molecule is CC1(C)OC(=O)C2(Cc3ccc(Cl)cc3N3CCC(c4ccccc4)CC32)C(=O)O1. The Kier molecular flexibility index (Phi) is 4.37. The summed E-state index contributed by atoms with van der Waals surface area (Å²) in [6.07, 6.45) is 1.86. The van der Waals surface area contributed by atoms with Crippen molar-refractivity contribution in [3.05, 3.63) is 64.7 Å². The maximum absolute atomic E-state index is 13.4. The first-order chi connectivity index (χ1) is 14.3. The van der Waals surface area contributed by atoms with Gasteiger partial charge >= 0.3 is 11.9 Å². The van der Waals surface area contributed by atoms with Gasteiger partial charge in [-0.15, -0.1) is 0 Å². The van der Waals surface area contributed by atoms with Crippen molar-refractivity contribution in [2.75, 3.05) is 11.4 Å². The molecule has 0 N–H and O–H groups in total. The molecule has 1 spiro atoms. The lowest BCUT2D eigenvalue weighted by Crippen LogP contribution is -2.67. The molecule has 3 aliphatic heterocycles. The number of hydrogen-bond donors (Lipinski definition) is 0. The van der Waals surface area contributed by atoms with Gasteiger partial charge in [-0.2, -0.15) is 0 Å². The zero-order chi connectivity index (χ0) is 21.1. The summed E-state index contributed by atoms with van der Waals surface area (Å²) in [5, 5.41) is 0.642. The molecular formula is C24H24ClNO4. The fourth-order valence-electron chi connectivity index (χ4n) is 5.27. The molecule has 2 fully saturated rings. The molecule has 2 aromatic rings. The van der Waals surface area contributed by atoms with E-state index >= 15 is 0 Å². The Morgan fingerprint density at radius 1 is 1.03 bits per heavy atom. The van der Waals surface area contributed by atoms with Crippen LogP contribution in [0.15, 0.2) is 48.5 Å². The van der Waals surface area contributed by atoms with Crippen molar-refractivity contribution in [1.82, 2.24) is 0 Å². The number of carbonyl (C=O) groups excluding carboxylic acids is 2. The number of nitrogens with zero attached hydrogens (tertiary/aromatic N) is 1. The lowest BCUT2D eigenvalue weighted by Gasteiger charge is -2.54. The van der Waals surface area contributed by atoms with Gasteiger partial charge in [-0.1, -0.05) is 48.0 Å². The number of fused-ring (bicyclic) bond motifs is 4. The van der Waals surface area contributed by atoms with Crippen molar-refractivity contribution >= 4 is 29.2 Å². The van der Waals surface area contributed by atoms with Gasteiger partial charge in [0.15, 0.2) is 5.41 Å². The second-order valence-electron chi connectivity index (χ2n) is 8.94. The molecular weight excluding hydrogens is 402 g/mol. The molecule has 5 rings (SSSR count). The first-order valence-electron chi connectivity index (χ1n) is 10.4. The van der Waals surface area contributed by atoms with Crippen molar-refractivity contribution in [2.24, 2.45) is 5.41 Å². The van der Waals surface area contributed by atoms with Crippen LogP contribution in [0, 0.1) is 5.41 Å². The van der Waals surface area contributed by atoms with Gasteiger partial charge in [0.2, 0.25) is 0 Å². The zero-order valence-electron chi connectivity index (χ0n) is 17.1. The van der Waals surface area contributed by atoms with Gasteiger partial charge in [0.05, 0.1) is 6.04 Å². The van der Waals surface area contributed by atoms with E-state index in [9.17, 15) is 9.59 Å². The number of esters is 2. The van der Waals surface area contributed by atoms with E-state index in [2.05, 4.69) is 17.0 Å². The minimum absolute atomic E-state index is 0.251. The van der Waals surface area contributed by atoms with Crippen molar-refractivity contribution in [1.29, 1.82) is 0 Å². The van der Waals surface area contributed by atoms with Crippen LogP contribution in [-0.4, -0.2) is 30.3 Å². The molecule has 0 radical (unpaired) electrons. The van der Waals surface area contributed by atoms with Crippen LogP contribution < -0.4 is 4.90 Å². The molecule has 156 valence electrons. The lowest BCUT2D eigenvalue weighted by atomic mass is 9.65. The summed E-state index contributed by atoms with van der Waals surface area (Å²) in [5.74, 6) is -1.99. The molecule has 3 heterocycles. The second kappa shape index (κ2) is 6.74. The van der Waals surface area contributed by atoms with Gasteiger partial charge in [0.25, 0.3) is 5.79 Å². The summed E-state index contributed by atoms with van der Waals surface area (Å²) in [6, 6.07) is 15.6. The highest BCUT2D eigenvalue weighted by molar-refractivity contribution is 6.30. The molecule has 0 saturated carbocycles. The van der Waals surface area contributed by atoms with Crippen LogP contribution in [0.4, 0.5) is 5.69 Å². The average molecular weight is 426 g/mol. The summed E-state index contributed by atoms with van der Waals surface area (Å²) in [4.78, 5) is 29.0. The summed E-state index contributed by atoms with van der Waals surface area (Å²) in [6.45, 7) is 3.92. The smallest absolute Gasteiger partial charge is 0.329 e. The molecule has 2 unspecified atom stereocenters. The first kappa shape index (κ1) is 19.4. The number of ether oxygens (including phenoxy) is 2. The fourth-order valence-corrected chi connectivity index (χ4v) is 5.44. The van der Waals surface area contributed by atoms with E-state index in [4.69, 9.17) is 21.1 Å². The normalized spacial score (nSPS) is 26.4. The average Bonchev–Trinajstić information content (AvgIpc) is 2.72. The summed E-state index contributed by atoms with van der Waals surface area (Å²) in [7, 11) is 0. The Morgan fingerprint density at radius 3 is 2.43 bits per heavy atom. The van der Waals surface area contributed by atoms with Gasteiger partial charge in [0.1, 0.15) is 0 Å². The van der Waals surface area contributed by atoms with E-state index in [1.165, 1.54) is 5.56 Å². The Hall–Kier alpha value is -2.53. The number of piperidine rings is 1. The molecule has 0 amide bonds. The van der Waals surface area contributed by atoms with Crippen LogP contribution in [0.25, 0.3) is 0 Å². The van der Waals surface area contributed by atoms with Crippen LogP contribution >= 0.6 is 11.6 Å². The van der Waals surface area contributed by atoms with E-state index in [0.717, 1.165) is 24.2 Å². The van der Waals surface area contributed by atoms with Crippen molar-refractivity contribution in [3.8, 4) is 0 Å². The number of benzene rings is 2. The van der Waals surface area contributed by atoms with Gasteiger partial charge < -0.3 is 14.4 Å². The Labute approximate surface area is 180 Å².